The number of benzene rings is 1. The maximum atomic E-state index is 12.8. The lowest BCUT2D eigenvalue weighted by molar-refractivity contribution is -0.117. The van der Waals surface area contributed by atoms with Gasteiger partial charge in [0.25, 0.3) is 0 Å². The van der Waals surface area contributed by atoms with Crippen molar-refractivity contribution in [2.24, 2.45) is 0 Å². The van der Waals surface area contributed by atoms with Gasteiger partial charge in [0.05, 0.1) is 7.11 Å². The highest BCUT2D eigenvalue weighted by molar-refractivity contribution is 6.00. The zero-order chi connectivity index (χ0) is 17.9. The van der Waals surface area contributed by atoms with E-state index in [1.807, 2.05) is 29.2 Å². The van der Waals surface area contributed by atoms with Crippen molar-refractivity contribution in [2.45, 2.75) is 18.4 Å². The van der Waals surface area contributed by atoms with Gasteiger partial charge in [0, 0.05) is 37.3 Å². The number of anilines is 2. The number of carbonyl (C=O) groups is 1. The van der Waals surface area contributed by atoms with Crippen molar-refractivity contribution in [3.05, 3.63) is 48.0 Å². The zero-order valence-corrected chi connectivity index (χ0v) is 14.7. The third-order valence-electron chi connectivity index (χ3n) is 4.96. The predicted octanol–water partition coefficient (Wildman–Crippen LogP) is 1.50. The summed E-state index contributed by atoms with van der Waals surface area (Å²) >= 11 is 0. The van der Waals surface area contributed by atoms with Gasteiger partial charge < -0.3 is 15.0 Å². The highest BCUT2D eigenvalue weighted by Crippen LogP contribution is 2.26. The molecule has 2 saturated heterocycles. The summed E-state index contributed by atoms with van der Waals surface area (Å²) in [6.07, 6.45) is 0.746. The van der Waals surface area contributed by atoms with E-state index in [2.05, 4.69) is 33.3 Å². The van der Waals surface area contributed by atoms with Gasteiger partial charge in [-0.05, 0) is 30.2 Å². The number of rotatable bonds is 5. The molecular formula is C19H23N5O2. The first-order valence-corrected chi connectivity index (χ1v) is 8.89. The van der Waals surface area contributed by atoms with E-state index in [9.17, 15) is 4.79 Å². The second kappa shape index (κ2) is 7.31. The van der Waals surface area contributed by atoms with Crippen LogP contribution in [0.25, 0.3) is 0 Å². The molecule has 2 aromatic rings. The number of hydrogen-bond acceptors (Lipinski definition) is 6. The van der Waals surface area contributed by atoms with Crippen molar-refractivity contribution >= 4 is 17.4 Å². The first-order valence-electron chi connectivity index (χ1n) is 8.89. The minimum absolute atomic E-state index is 0.0755. The molecule has 1 atom stereocenters. The van der Waals surface area contributed by atoms with E-state index in [4.69, 9.17) is 4.74 Å². The van der Waals surface area contributed by atoms with Crippen LogP contribution in [-0.2, 0) is 4.79 Å². The Kier molecular flexibility index (Phi) is 4.73. The van der Waals surface area contributed by atoms with Gasteiger partial charge in [-0.1, -0.05) is 18.2 Å². The molecule has 3 heterocycles. The Labute approximate surface area is 152 Å². The van der Waals surface area contributed by atoms with Crippen molar-refractivity contribution in [3.8, 4) is 5.88 Å². The Bertz CT molecular complexity index is 774. The van der Waals surface area contributed by atoms with E-state index >= 15 is 0 Å². The third-order valence-corrected chi connectivity index (χ3v) is 4.96. The van der Waals surface area contributed by atoms with Gasteiger partial charge in [0.15, 0.2) is 0 Å². The topological polar surface area (TPSA) is 78.5 Å². The van der Waals surface area contributed by atoms with E-state index < -0.39 is 0 Å². The van der Waals surface area contributed by atoms with Gasteiger partial charge in [-0.25, -0.2) is 0 Å². The highest BCUT2D eigenvalue weighted by Gasteiger charge is 2.32. The summed E-state index contributed by atoms with van der Waals surface area (Å²) in [5.74, 6) is 1.74. The van der Waals surface area contributed by atoms with Gasteiger partial charge in [0.1, 0.15) is 11.9 Å². The van der Waals surface area contributed by atoms with E-state index in [0.717, 1.165) is 25.2 Å². The summed E-state index contributed by atoms with van der Waals surface area (Å²) in [6, 6.07) is 13.5. The fourth-order valence-electron chi connectivity index (χ4n) is 3.48. The average Bonchev–Trinajstić information content (AvgIpc) is 3.33. The summed E-state index contributed by atoms with van der Waals surface area (Å²) < 4.78 is 5.13. The average molecular weight is 353 g/mol. The Morgan fingerprint density at radius 2 is 1.92 bits per heavy atom. The number of methoxy groups -OCH3 is 1. The normalized spacial score (nSPS) is 20.6. The molecule has 2 aliphatic heterocycles. The van der Waals surface area contributed by atoms with Crippen LogP contribution in [0.1, 0.15) is 17.9 Å². The molecule has 136 valence electrons. The van der Waals surface area contributed by atoms with Gasteiger partial charge in [-0.15, -0.1) is 0 Å². The van der Waals surface area contributed by atoms with Crippen LogP contribution in [0.3, 0.4) is 0 Å². The molecule has 0 aliphatic carbocycles. The van der Waals surface area contributed by atoms with E-state index in [0.29, 0.717) is 24.2 Å². The maximum absolute atomic E-state index is 12.8. The van der Waals surface area contributed by atoms with Crippen LogP contribution >= 0.6 is 0 Å². The molecule has 0 spiro atoms. The summed E-state index contributed by atoms with van der Waals surface area (Å²) in [4.78, 5) is 19.0. The number of pyridine rings is 1. The van der Waals surface area contributed by atoms with Gasteiger partial charge in [-0.3, -0.25) is 15.6 Å². The lowest BCUT2D eigenvalue weighted by Gasteiger charge is -2.18. The third kappa shape index (κ3) is 3.36. The number of amides is 1. The maximum Gasteiger partial charge on any atom is 0.249 e. The molecule has 2 fully saturated rings. The van der Waals surface area contributed by atoms with Crippen LogP contribution in [0, 0.1) is 0 Å². The standard InChI is InChI=1S/C19H23N5O2/c1-26-18-4-2-3-17(23-18)22-16-9-10-24(19(16)25)15-7-5-13(6-8-15)14-11-20-21-12-14/h2-8,14,16,20-21H,9-12H2,1H3,(H,22,23). The lowest BCUT2D eigenvalue weighted by atomic mass is 10.00. The fraction of sp³-hybridized carbons (Fsp3) is 0.368. The van der Waals surface area contributed by atoms with Gasteiger partial charge >= 0.3 is 0 Å². The van der Waals surface area contributed by atoms with Crippen LogP contribution in [-0.4, -0.2) is 43.7 Å². The SMILES string of the molecule is COc1cccc(NC2CCN(c3ccc(C4CNNC4)cc3)C2=O)n1. The smallest absolute Gasteiger partial charge is 0.249 e. The number of ether oxygens (including phenoxy) is 1. The number of nitrogens with zero attached hydrogens (tertiary/aromatic N) is 2. The van der Waals surface area contributed by atoms with Crippen LogP contribution in [0.15, 0.2) is 42.5 Å². The minimum Gasteiger partial charge on any atom is -0.481 e. The summed E-state index contributed by atoms with van der Waals surface area (Å²) in [5, 5.41) is 3.22. The Hall–Kier alpha value is -2.64. The number of aromatic nitrogens is 1. The zero-order valence-electron chi connectivity index (χ0n) is 14.7. The second-order valence-corrected chi connectivity index (χ2v) is 6.59. The second-order valence-electron chi connectivity index (χ2n) is 6.59. The number of hydrazine groups is 1. The number of hydrogen-bond donors (Lipinski definition) is 3. The van der Waals surface area contributed by atoms with Crippen molar-refractivity contribution in [2.75, 3.05) is 37.0 Å². The molecule has 1 aromatic heterocycles. The summed E-state index contributed by atoms with van der Waals surface area (Å²) in [6.45, 7) is 2.56. The highest BCUT2D eigenvalue weighted by atomic mass is 16.5. The van der Waals surface area contributed by atoms with E-state index in [1.165, 1.54) is 5.56 Å². The number of nitrogens with one attached hydrogen (secondary N) is 3. The summed E-state index contributed by atoms with van der Waals surface area (Å²) in [7, 11) is 1.58. The molecule has 2 aliphatic rings. The van der Waals surface area contributed by atoms with Crippen LogP contribution in [0.2, 0.25) is 0 Å². The fourth-order valence-corrected chi connectivity index (χ4v) is 3.48. The molecule has 26 heavy (non-hydrogen) atoms. The van der Waals surface area contributed by atoms with Crippen LogP contribution in [0.4, 0.5) is 11.5 Å². The Morgan fingerprint density at radius 1 is 1.15 bits per heavy atom. The number of carbonyl (C=O) groups excluding carboxylic acids is 1. The predicted molar refractivity (Wildman–Crippen MR) is 100 cm³/mol. The molecule has 1 amide bonds. The molecule has 0 radical (unpaired) electrons. The lowest BCUT2D eigenvalue weighted by Crippen LogP contribution is -2.33. The monoisotopic (exact) mass is 353 g/mol. The molecule has 0 saturated carbocycles. The molecule has 1 unspecified atom stereocenters. The first-order chi connectivity index (χ1) is 12.7. The van der Waals surface area contributed by atoms with E-state index in [-0.39, 0.29) is 11.9 Å². The molecule has 4 rings (SSSR count). The molecule has 3 N–H and O–H groups in total. The molecule has 0 bridgehead atoms. The Balaban J connectivity index is 1.43. The minimum atomic E-state index is -0.266. The van der Waals surface area contributed by atoms with E-state index in [1.54, 1.807) is 13.2 Å². The quantitative estimate of drug-likeness (QED) is 0.756. The molecular weight excluding hydrogens is 330 g/mol. The van der Waals surface area contributed by atoms with Gasteiger partial charge in [0.2, 0.25) is 11.8 Å². The Morgan fingerprint density at radius 3 is 2.65 bits per heavy atom. The molecule has 7 heteroatoms. The van der Waals surface area contributed by atoms with Crippen molar-refractivity contribution in [1.82, 2.24) is 15.8 Å². The van der Waals surface area contributed by atoms with Crippen molar-refractivity contribution in [1.29, 1.82) is 0 Å². The first kappa shape index (κ1) is 16.8. The van der Waals surface area contributed by atoms with Crippen LogP contribution in [0.5, 0.6) is 5.88 Å². The largest absolute Gasteiger partial charge is 0.481 e. The van der Waals surface area contributed by atoms with Crippen molar-refractivity contribution in [3.63, 3.8) is 0 Å². The van der Waals surface area contributed by atoms with Gasteiger partial charge in [-0.2, -0.15) is 4.98 Å². The van der Waals surface area contributed by atoms with Crippen LogP contribution < -0.4 is 25.8 Å². The van der Waals surface area contributed by atoms with Crippen molar-refractivity contribution < 1.29 is 9.53 Å². The summed E-state index contributed by atoms with van der Waals surface area (Å²) in [5.41, 5.74) is 8.52. The molecule has 7 nitrogen and oxygen atoms in total. The molecule has 1 aromatic carbocycles.